The molecule has 4 N–H and O–H groups in total. The lowest BCUT2D eigenvalue weighted by Gasteiger charge is -2.22. The number of nitrogens with zero attached hydrogens (tertiary/aromatic N) is 6. The van der Waals surface area contributed by atoms with E-state index in [1.807, 2.05) is 0 Å². The van der Waals surface area contributed by atoms with Crippen LogP contribution in [0.15, 0.2) is 39.0 Å². The zero-order valence-corrected chi connectivity index (χ0v) is 27.0. The number of aromatic nitrogens is 7. The monoisotopic (exact) mass is 712 g/mol. The van der Waals surface area contributed by atoms with Crippen LogP contribution in [0.1, 0.15) is 50.9 Å². The van der Waals surface area contributed by atoms with E-state index in [0.29, 0.717) is 4.57 Å². The average molecular weight is 713 g/mol. The summed E-state index contributed by atoms with van der Waals surface area (Å²) >= 11 is 0. The van der Waals surface area contributed by atoms with Crippen molar-refractivity contribution in [2.45, 2.75) is 95.7 Å². The maximum Gasteiger partial charge on any atom is 0.509 e. The summed E-state index contributed by atoms with van der Waals surface area (Å²) in [7, 11) is 0. The molecule has 0 saturated carbocycles. The number of halogens is 2. The molecule has 2 fully saturated rings. The van der Waals surface area contributed by atoms with Crippen molar-refractivity contribution in [1.29, 1.82) is 0 Å². The number of rotatable bonds is 9. The highest BCUT2D eigenvalue weighted by Crippen LogP contribution is 2.42. The number of anilines is 1. The molecule has 20 nitrogen and oxygen atoms in total. The van der Waals surface area contributed by atoms with Crippen molar-refractivity contribution in [2.24, 2.45) is 0 Å². The Bertz CT molecular complexity index is 1900. The van der Waals surface area contributed by atoms with E-state index >= 15 is 0 Å². The summed E-state index contributed by atoms with van der Waals surface area (Å²) in [6.45, 7) is 5.12. The van der Waals surface area contributed by atoms with Crippen LogP contribution in [0.2, 0.25) is 0 Å². The molecule has 0 bridgehead atoms. The zero-order valence-electron chi connectivity index (χ0n) is 27.0. The van der Waals surface area contributed by atoms with Crippen LogP contribution >= 0.6 is 0 Å². The van der Waals surface area contributed by atoms with Crippen molar-refractivity contribution in [2.75, 3.05) is 11.9 Å². The fourth-order valence-corrected chi connectivity index (χ4v) is 5.09. The molecule has 3 aromatic rings. The highest BCUT2D eigenvalue weighted by atomic mass is 19.3. The van der Waals surface area contributed by atoms with E-state index in [1.165, 1.54) is 28.6 Å². The normalized spacial score (nSPS) is 24.6. The van der Waals surface area contributed by atoms with Crippen LogP contribution in [-0.2, 0) is 36.8 Å². The molecule has 0 unspecified atom stereocenters. The summed E-state index contributed by atoms with van der Waals surface area (Å²) in [4.78, 5) is 67.3. The molecule has 50 heavy (non-hydrogen) atoms. The van der Waals surface area contributed by atoms with Crippen LogP contribution < -0.4 is 22.3 Å². The molecule has 3 aromatic heterocycles. The molecule has 0 radical (unpaired) electrons. The second kappa shape index (κ2) is 14.0. The van der Waals surface area contributed by atoms with E-state index in [4.69, 9.17) is 28.8 Å². The smallest absolute Gasteiger partial charge is 0.443 e. The van der Waals surface area contributed by atoms with Gasteiger partial charge in [0.05, 0.1) is 19.3 Å². The highest BCUT2D eigenvalue weighted by Gasteiger charge is 2.59. The molecule has 22 heteroatoms. The minimum Gasteiger partial charge on any atom is -0.443 e. The quantitative estimate of drug-likeness (QED) is 0.212. The van der Waals surface area contributed by atoms with Gasteiger partial charge in [-0.25, -0.2) is 23.9 Å². The summed E-state index contributed by atoms with van der Waals surface area (Å²) in [5.41, 5.74) is -2.96. The van der Waals surface area contributed by atoms with Gasteiger partial charge < -0.3 is 33.9 Å². The second-order valence-electron chi connectivity index (χ2n) is 12.4. The number of hydrogen-bond donors (Lipinski definition) is 4. The summed E-state index contributed by atoms with van der Waals surface area (Å²) in [6, 6.07) is 1.02. The Morgan fingerprint density at radius 1 is 1.16 bits per heavy atom. The number of nitrogens with one attached hydrogen (secondary N) is 2. The van der Waals surface area contributed by atoms with Gasteiger partial charge in [0.15, 0.2) is 6.10 Å². The second-order valence-corrected chi connectivity index (χ2v) is 12.4. The number of carbonyl (C=O) groups is 2. The highest BCUT2D eigenvalue weighted by molar-refractivity contribution is 5.83. The first-order valence-electron chi connectivity index (χ1n) is 15.1. The Hall–Kier alpha value is -5.06. The van der Waals surface area contributed by atoms with Gasteiger partial charge in [-0.05, 0) is 33.8 Å². The SMILES string of the molecule is Cc1cn([C@H]2C[C@H](OC(=O)OC(C)(C)C)[C@@H](Cn3cc(COC(=O)Nc4ccn([C@@H]5O[C@H](CO)[C@@H](O)C5(F)F)c(=O)n4)nn3)O2)c(=O)[nH]c1=O. The van der Waals surface area contributed by atoms with Crippen LogP contribution in [0, 0.1) is 6.92 Å². The Morgan fingerprint density at radius 2 is 1.90 bits per heavy atom. The summed E-state index contributed by atoms with van der Waals surface area (Å²) < 4.78 is 58.5. The fraction of sp³-hybridized carbons (Fsp3) is 0.571. The zero-order chi connectivity index (χ0) is 36.5. The van der Waals surface area contributed by atoms with E-state index in [2.05, 4.69) is 25.6 Å². The van der Waals surface area contributed by atoms with Gasteiger partial charge in [-0.2, -0.15) is 13.8 Å². The maximum atomic E-state index is 14.4. The van der Waals surface area contributed by atoms with Gasteiger partial charge in [-0.3, -0.25) is 24.2 Å². The van der Waals surface area contributed by atoms with Gasteiger partial charge >= 0.3 is 29.6 Å². The van der Waals surface area contributed by atoms with Crippen molar-refractivity contribution in [3.8, 4) is 0 Å². The third-order valence-electron chi connectivity index (χ3n) is 7.45. The maximum absolute atomic E-state index is 14.4. The van der Waals surface area contributed by atoms with Crippen LogP contribution in [0.4, 0.5) is 24.2 Å². The van der Waals surface area contributed by atoms with Crippen LogP contribution in [-0.4, -0.2) is 99.1 Å². The first kappa shape index (κ1) is 36.2. The summed E-state index contributed by atoms with van der Waals surface area (Å²) in [6.07, 6.45) is -7.36. The van der Waals surface area contributed by atoms with Gasteiger partial charge in [-0.15, -0.1) is 5.10 Å². The van der Waals surface area contributed by atoms with Crippen LogP contribution in [0.3, 0.4) is 0 Å². The predicted molar refractivity (Wildman–Crippen MR) is 160 cm³/mol. The van der Waals surface area contributed by atoms with Crippen LogP contribution in [0.5, 0.6) is 0 Å². The van der Waals surface area contributed by atoms with Gasteiger partial charge in [0.1, 0.15) is 48.3 Å². The molecule has 0 aromatic carbocycles. The van der Waals surface area contributed by atoms with Gasteiger partial charge in [-0.1, -0.05) is 5.21 Å². The lowest BCUT2D eigenvalue weighted by Crippen LogP contribution is -2.41. The van der Waals surface area contributed by atoms with Gasteiger partial charge in [0.25, 0.3) is 5.56 Å². The lowest BCUT2D eigenvalue weighted by molar-refractivity contribution is -0.140. The number of aryl methyl sites for hydroxylation is 1. The standard InChI is InChI=1S/C28H34F2N8O12/c1-13-8-38(24(43)33-21(13)41)19-7-15(49-26(45)50-27(2,3)4)16(47-19)10-36-9-14(34-35-36)12-46-25(44)32-18-5-6-37(23(42)31-18)22-28(29,30)20(40)17(11-39)48-22/h5-6,8-9,15-17,19-20,22,39-40H,7,10-12H2,1-4H3,(H,33,41,43)(H,31,32,42,44)/t15-,16+,17+,19+,20+,22+/m0/s1. The molecule has 2 saturated heterocycles. The molecule has 6 atom stereocenters. The number of ether oxygens (including phenoxy) is 5. The molecule has 2 aliphatic heterocycles. The Kier molecular flexibility index (Phi) is 10.2. The number of carbonyl (C=O) groups excluding carboxylic acids is 2. The average Bonchev–Trinajstić information content (AvgIpc) is 3.69. The summed E-state index contributed by atoms with van der Waals surface area (Å²) in [5, 5.41) is 28.9. The molecular formula is C28H34F2N8O12. The molecular weight excluding hydrogens is 678 g/mol. The molecule has 272 valence electrons. The van der Waals surface area contributed by atoms with E-state index in [1.54, 1.807) is 20.8 Å². The first-order valence-corrected chi connectivity index (χ1v) is 15.1. The lowest BCUT2D eigenvalue weighted by atomic mass is 10.1. The Morgan fingerprint density at radius 3 is 2.56 bits per heavy atom. The molecule has 1 amide bonds. The van der Waals surface area contributed by atoms with E-state index in [0.717, 1.165) is 12.3 Å². The molecule has 5 heterocycles. The van der Waals surface area contributed by atoms with E-state index in [-0.39, 0.29) is 30.0 Å². The fourth-order valence-electron chi connectivity index (χ4n) is 5.09. The predicted octanol–water partition coefficient (Wildman–Crippen LogP) is -0.0642. The number of aliphatic hydroxyl groups excluding tert-OH is 2. The van der Waals surface area contributed by atoms with Crippen molar-refractivity contribution < 1.29 is 52.3 Å². The Labute approximate surface area is 279 Å². The first-order chi connectivity index (χ1) is 23.4. The third kappa shape index (κ3) is 8.04. The van der Waals surface area contributed by atoms with E-state index in [9.17, 15) is 37.9 Å². The molecule has 2 aliphatic rings. The van der Waals surface area contributed by atoms with Crippen molar-refractivity contribution >= 4 is 18.1 Å². The number of hydrogen-bond acceptors (Lipinski definition) is 15. The van der Waals surface area contributed by atoms with Crippen molar-refractivity contribution in [1.82, 2.24) is 34.1 Å². The van der Waals surface area contributed by atoms with Crippen molar-refractivity contribution in [3.05, 3.63) is 67.2 Å². The topological polar surface area (TPSA) is 253 Å². The minimum atomic E-state index is -3.91. The van der Waals surface area contributed by atoms with Crippen LogP contribution in [0.25, 0.3) is 0 Å². The minimum absolute atomic E-state index is 0.0278. The molecule has 0 spiro atoms. The number of aromatic amines is 1. The Balaban J connectivity index is 1.20. The van der Waals surface area contributed by atoms with Gasteiger partial charge in [0, 0.05) is 24.4 Å². The summed E-state index contributed by atoms with van der Waals surface area (Å²) in [5.74, 6) is -4.26. The third-order valence-corrected chi connectivity index (χ3v) is 7.45. The number of H-pyrrole nitrogens is 1. The van der Waals surface area contributed by atoms with Gasteiger partial charge in [0.2, 0.25) is 6.23 Å². The number of alkyl halides is 2. The van der Waals surface area contributed by atoms with E-state index < -0.39 is 90.8 Å². The molecule has 5 rings (SSSR count). The number of aliphatic hydroxyl groups is 2. The largest absolute Gasteiger partial charge is 0.509 e. The molecule has 0 aliphatic carbocycles. The van der Waals surface area contributed by atoms with Crippen molar-refractivity contribution in [3.63, 3.8) is 0 Å². The number of amides is 1.